The standard InChI is InChI=1S/C15H21NO/c1-11(10-16(2)3)14-8-6-12-5-7-13(17-4)9-15(12)14/h5,7,9H,6,8,10H2,1-4H3/b14-11+. The van der Waals surface area contributed by atoms with Crippen LogP contribution in [-0.4, -0.2) is 32.6 Å². The first-order valence-corrected chi connectivity index (χ1v) is 6.12. The van der Waals surface area contributed by atoms with Crippen LogP contribution in [0.4, 0.5) is 0 Å². The fraction of sp³-hybridized carbons (Fsp3) is 0.467. The fourth-order valence-electron chi connectivity index (χ4n) is 2.59. The van der Waals surface area contributed by atoms with Crippen LogP contribution < -0.4 is 4.74 Å². The summed E-state index contributed by atoms with van der Waals surface area (Å²) in [6.07, 6.45) is 2.33. The smallest absolute Gasteiger partial charge is 0.119 e. The highest BCUT2D eigenvalue weighted by Crippen LogP contribution is 2.36. The van der Waals surface area contributed by atoms with Crippen molar-refractivity contribution in [1.29, 1.82) is 0 Å². The van der Waals surface area contributed by atoms with Gasteiger partial charge in [0, 0.05) is 6.54 Å². The minimum atomic E-state index is 0.959. The average Bonchev–Trinajstić information content (AvgIpc) is 2.70. The van der Waals surface area contributed by atoms with Gasteiger partial charge in [-0.25, -0.2) is 0 Å². The third kappa shape index (κ3) is 2.52. The Hall–Kier alpha value is -1.28. The molecule has 0 bridgehead atoms. The number of ether oxygens (including phenoxy) is 1. The predicted molar refractivity (Wildman–Crippen MR) is 72.5 cm³/mol. The monoisotopic (exact) mass is 231 g/mol. The lowest BCUT2D eigenvalue weighted by Crippen LogP contribution is -2.14. The molecule has 0 saturated carbocycles. The van der Waals surface area contributed by atoms with Crippen LogP contribution in [0.15, 0.2) is 23.8 Å². The van der Waals surface area contributed by atoms with Crippen molar-refractivity contribution in [3.05, 3.63) is 34.9 Å². The molecule has 1 aromatic rings. The molecule has 0 heterocycles. The lowest BCUT2D eigenvalue weighted by atomic mass is 10.0. The highest BCUT2D eigenvalue weighted by Gasteiger charge is 2.18. The van der Waals surface area contributed by atoms with Crippen molar-refractivity contribution in [3.63, 3.8) is 0 Å². The first-order valence-electron chi connectivity index (χ1n) is 6.12. The molecule has 0 spiro atoms. The number of allylic oxidation sites excluding steroid dienone is 1. The Bertz CT molecular complexity index is 446. The van der Waals surface area contributed by atoms with Crippen molar-refractivity contribution < 1.29 is 4.74 Å². The second-order valence-corrected chi connectivity index (χ2v) is 5.02. The zero-order valence-electron chi connectivity index (χ0n) is 11.2. The van der Waals surface area contributed by atoms with Gasteiger partial charge >= 0.3 is 0 Å². The van der Waals surface area contributed by atoms with Gasteiger partial charge in [-0.05, 0) is 62.7 Å². The van der Waals surface area contributed by atoms with Crippen LogP contribution in [0.25, 0.3) is 5.57 Å². The van der Waals surface area contributed by atoms with Gasteiger partial charge in [-0.2, -0.15) is 0 Å². The number of methoxy groups -OCH3 is 1. The van der Waals surface area contributed by atoms with Crippen LogP contribution in [0, 0.1) is 0 Å². The van der Waals surface area contributed by atoms with Crippen LogP contribution in [0.1, 0.15) is 24.5 Å². The third-order valence-corrected chi connectivity index (χ3v) is 3.36. The van der Waals surface area contributed by atoms with Crippen molar-refractivity contribution >= 4 is 5.57 Å². The topological polar surface area (TPSA) is 12.5 Å². The first kappa shape index (κ1) is 12.2. The van der Waals surface area contributed by atoms with E-state index in [0.29, 0.717) is 0 Å². The Morgan fingerprint density at radius 2 is 2.06 bits per heavy atom. The largest absolute Gasteiger partial charge is 0.497 e. The quantitative estimate of drug-likeness (QED) is 0.793. The van der Waals surface area contributed by atoms with Crippen LogP contribution in [0.2, 0.25) is 0 Å². The zero-order chi connectivity index (χ0) is 12.4. The molecular formula is C15H21NO. The summed E-state index contributed by atoms with van der Waals surface area (Å²) in [6.45, 7) is 3.27. The predicted octanol–water partition coefficient (Wildman–Crippen LogP) is 2.98. The second kappa shape index (κ2) is 4.92. The summed E-state index contributed by atoms with van der Waals surface area (Å²) < 4.78 is 5.32. The molecule has 0 radical (unpaired) electrons. The number of rotatable bonds is 3. The molecule has 2 rings (SSSR count). The Labute approximate surface area is 104 Å². The van der Waals surface area contributed by atoms with Gasteiger partial charge in [0.15, 0.2) is 0 Å². The maximum Gasteiger partial charge on any atom is 0.119 e. The molecule has 0 aliphatic heterocycles. The van der Waals surface area contributed by atoms with Gasteiger partial charge in [0.2, 0.25) is 0 Å². The Balaban J connectivity index is 2.38. The SMILES string of the molecule is COc1ccc2c(c1)/C(=C(\C)CN(C)C)CC2. The van der Waals surface area contributed by atoms with E-state index in [-0.39, 0.29) is 0 Å². The zero-order valence-corrected chi connectivity index (χ0v) is 11.2. The highest BCUT2D eigenvalue weighted by molar-refractivity contribution is 5.75. The lowest BCUT2D eigenvalue weighted by molar-refractivity contribution is 0.414. The van der Waals surface area contributed by atoms with Gasteiger partial charge < -0.3 is 9.64 Å². The van der Waals surface area contributed by atoms with E-state index in [0.717, 1.165) is 12.3 Å². The minimum Gasteiger partial charge on any atom is -0.497 e. The van der Waals surface area contributed by atoms with Gasteiger partial charge in [0.1, 0.15) is 5.75 Å². The Morgan fingerprint density at radius 3 is 2.71 bits per heavy atom. The summed E-state index contributed by atoms with van der Waals surface area (Å²) in [5, 5.41) is 0. The third-order valence-electron chi connectivity index (χ3n) is 3.36. The molecular weight excluding hydrogens is 210 g/mol. The lowest BCUT2D eigenvalue weighted by Gasteiger charge is -2.13. The van der Waals surface area contributed by atoms with Gasteiger partial charge in [-0.1, -0.05) is 11.6 Å². The maximum absolute atomic E-state index is 5.32. The number of hydrogen-bond acceptors (Lipinski definition) is 2. The van der Waals surface area contributed by atoms with E-state index in [4.69, 9.17) is 4.74 Å². The normalized spacial score (nSPS) is 17.2. The van der Waals surface area contributed by atoms with Gasteiger partial charge in [0.25, 0.3) is 0 Å². The molecule has 1 aliphatic carbocycles. The highest BCUT2D eigenvalue weighted by atomic mass is 16.5. The number of fused-ring (bicyclic) bond motifs is 1. The molecule has 2 heteroatoms. The molecule has 0 aromatic heterocycles. The van der Waals surface area contributed by atoms with Crippen LogP contribution in [0.3, 0.4) is 0 Å². The summed E-state index contributed by atoms with van der Waals surface area (Å²) in [5.74, 6) is 0.959. The van der Waals surface area contributed by atoms with Crippen molar-refractivity contribution in [2.75, 3.05) is 27.7 Å². The Morgan fingerprint density at radius 1 is 1.29 bits per heavy atom. The maximum atomic E-state index is 5.32. The van der Waals surface area contributed by atoms with Crippen molar-refractivity contribution in [2.45, 2.75) is 19.8 Å². The molecule has 0 unspecified atom stereocenters. The van der Waals surface area contributed by atoms with Gasteiger partial charge in [-0.3, -0.25) is 0 Å². The fourth-order valence-corrected chi connectivity index (χ4v) is 2.59. The number of likely N-dealkylation sites (N-methyl/N-ethyl adjacent to an activating group) is 1. The van der Waals surface area contributed by atoms with E-state index in [1.54, 1.807) is 7.11 Å². The van der Waals surface area contributed by atoms with Crippen LogP contribution >= 0.6 is 0 Å². The molecule has 1 aromatic carbocycles. The van der Waals surface area contributed by atoms with E-state index < -0.39 is 0 Å². The molecule has 0 saturated heterocycles. The Kier molecular flexibility index (Phi) is 3.53. The van der Waals surface area contributed by atoms with Crippen molar-refractivity contribution in [1.82, 2.24) is 4.90 Å². The van der Waals surface area contributed by atoms with E-state index in [1.807, 2.05) is 0 Å². The number of aryl methyl sites for hydroxylation is 1. The summed E-state index contributed by atoms with van der Waals surface area (Å²) in [5.41, 5.74) is 5.83. The number of nitrogens with zero attached hydrogens (tertiary/aromatic N) is 1. The first-order chi connectivity index (χ1) is 8.11. The van der Waals surface area contributed by atoms with Gasteiger partial charge in [-0.15, -0.1) is 0 Å². The van der Waals surface area contributed by atoms with Crippen molar-refractivity contribution in [3.8, 4) is 5.75 Å². The molecule has 0 atom stereocenters. The minimum absolute atomic E-state index is 0.959. The molecule has 0 amide bonds. The molecule has 92 valence electrons. The molecule has 2 nitrogen and oxygen atoms in total. The number of benzene rings is 1. The summed E-state index contributed by atoms with van der Waals surface area (Å²) in [4.78, 5) is 2.22. The van der Waals surface area contributed by atoms with E-state index in [1.165, 1.54) is 35.1 Å². The van der Waals surface area contributed by atoms with Gasteiger partial charge in [0.05, 0.1) is 7.11 Å². The molecule has 0 fully saturated rings. The molecule has 0 N–H and O–H groups in total. The van der Waals surface area contributed by atoms with Crippen LogP contribution in [0.5, 0.6) is 5.75 Å². The summed E-state index contributed by atoms with van der Waals surface area (Å²) in [7, 11) is 5.96. The average molecular weight is 231 g/mol. The van der Waals surface area contributed by atoms with E-state index in [9.17, 15) is 0 Å². The van der Waals surface area contributed by atoms with Crippen molar-refractivity contribution in [2.24, 2.45) is 0 Å². The second-order valence-electron chi connectivity index (χ2n) is 5.02. The van der Waals surface area contributed by atoms with E-state index in [2.05, 4.69) is 44.1 Å². The molecule has 17 heavy (non-hydrogen) atoms. The number of hydrogen-bond donors (Lipinski definition) is 0. The van der Waals surface area contributed by atoms with Crippen LogP contribution in [-0.2, 0) is 6.42 Å². The molecule has 1 aliphatic rings. The summed E-state index contributed by atoms with van der Waals surface area (Å²) >= 11 is 0. The summed E-state index contributed by atoms with van der Waals surface area (Å²) in [6, 6.07) is 6.43. The van der Waals surface area contributed by atoms with E-state index >= 15 is 0 Å².